The number of piperidine rings is 1. The minimum atomic E-state index is -5.01. The van der Waals surface area contributed by atoms with E-state index in [9.17, 15) is 40.3 Å². The molecule has 0 aromatic heterocycles. The second-order valence-electron chi connectivity index (χ2n) is 9.33. The Labute approximate surface area is 214 Å². The third-order valence-corrected chi connectivity index (χ3v) is 6.40. The summed E-state index contributed by atoms with van der Waals surface area (Å²) in [5, 5.41) is 3.01. The van der Waals surface area contributed by atoms with Gasteiger partial charge in [0.05, 0.1) is 23.7 Å². The van der Waals surface area contributed by atoms with Crippen LogP contribution in [0.1, 0.15) is 46.7 Å². The fourth-order valence-corrected chi connectivity index (χ4v) is 4.60. The second kappa shape index (κ2) is 11.2. The number of amides is 3. The molecule has 0 radical (unpaired) electrons. The van der Waals surface area contributed by atoms with Crippen LogP contribution in [0, 0.1) is 12.7 Å². The minimum Gasteiger partial charge on any atom is -0.369 e. The highest BCUT2D eigenvalue weighted by Gasteiger charge is 2.38. The molecule has 3 rings (SSSR count). The molecule has 13 heteroatoms. The average molecular weight is 549 g/mol. The maximum absolute atomic E-state index is 13.7. The molecule has 0 saturated carbocycles. The summed E-state index contributed by atoms with van der Waals surface area (Å²) in [7, 11) is 1.28. The van der Waals surface area contributed by atoms with Gasteiger partial charge < -0.3 is 20.9 Å². The number of nitrogens with two attached hydrogens (primary N) is 1. The summed E-state index contributed by atoms with van der Waals surface area (Å²) in [6, 6.07) is 3.80. The van der Waals surface area contributed by atoms with Crippen molar-refractivity contribution in [3.63, 3.8) is 0 Å². The first kappa shape index (κ1) is 29.2. The van der Waals surface area contributed by atoms with Gasteiger partial charge in [0.15, 0.2) is 0 Å². The van der Waals surface area contributed by atoms with Gasteiger partial charge in [-0.15, -0.1) is 0 Å². The molecule has 38 heavy (non-hydrogen) atoms. The van der Waals surface area contributed by atoms with Crippen LogP contribution in [0.25, 0.3) is 0 Å². The number of nitrogens with zero attached hydrogens (tertiary/aromatic N) is 2. The van der Waals surface area contributed by atoms with Crippen molar-refractivity contribution < 1.29 is 40.3 Å². The standard InChI is InChI=1S/C25H27F7N4O2/c1-14-7-18(26)3-4-20(14)21-11-19(34-12-22(33)37)5-6-36(21)23(38)35(2)13-15-8-16(24(27,28)29)10-17(9-15)25(30,31)32/h3-4,7-10,19,21,34H,5-6,11-13H2,1-2H3,(H2,33,37)/t19-,21-/m1/s1. The highest BCUT2D eigenvalue weighted by molar-refractivity contribution is 5.76. The van der Waals surface area contributed by atoms with Crippen molar-refractivity contribution >= 4 is 11.9 Å². The number of hydrogen-bond donors (Lipinski definition) is 2. The van der Waals surface area contributed by atoms with Crippen molar-refractivity contribution in [2.45, 2.75) is 50.7 Å². The Hall–Kier alpha value is -3.35. The van der Waals surface area contributed by atoms with Gasteiger partial charge in [0.25, 0.3) is 0 Å². The van der Waals surface area contributed by atoms with E-state index in [-0.39, 0.29) is 30.8 Å². The van der Waals surface area contributed by atoms with Crippen molar-refractivity contribution in [2.75, 3.05) is 20.1 Å². The summed E-state index contributed by atoms with van der Waals surface area (Å²) in [4.78, 5) is 27.1. The Bertz CT molecular complexity index is 1150. The normalized spacial score (nSPS) is 18.4. The lowest BCUT2D eigenvalue weighted by molar-refractivity contribution is -0.143. The Morgan fingerprint density at radius 1 is 1.05 bits per heavy atom. The van der Waals surface area contributed by atoms with E-state index in [1.165, 1.54) is 30.1 Å². The molecule has 1 aliphatic heterocycles. The summed E-state index contributed by atoms with van der Waals surface area (Å²) in [6.45, 7) is 1.22. The largest absolute Gasteiger partial charge is 0.416 e. The van der Waals surface area contributed by atoms with Crippen LogP contribution in [0.3, 0.4) is 0 Å². The number of hydrogen-bond acceptors (Lipinski definition) is 3. The van der Waals surface area contributed by atoms with E-state index in [2.05, 4.69) is 5.32 Å². The zero-order valence-corrected chi connectivity index (χ0v) is 20.6. The van der Waals surface area contributed by atoms with Gasteiger partial charge in [-0.1, -0.05) is 6.07 Å². The first-order chi connectivity index (χ1) is 17.6. The molecule has 0 bridgehead atoms. The highest BCUT2D eigenvalue weighted by atomic mass is 19.4. The summed E-state index contributed by atoms with van der Waals surface area (Å²) < 4.78 is 93.3. The van der Waals surface area contributed by atoms with Crippen molar-refractivity contribution in [2.24, 2.45) is 5.73 Å². The van der Waals surface area contributed by atoms with E-state index in [1.54, 1.807) is 6.92 Å². The topological polar surface area (TPSA) is 78.7 Å². The molecule has 2 aromatic rings. The minimum absolute atomic E-state index is 0.0303. The van der Waals surface area contributed by atoms with Crippen LogP contribution in [0.4, 0.5) is 35.5 Å². The number of primary amides is 1. The van der Waals surface area contributed by atoms with Crippen molar-refractivity contribution in [3.8, 4) is 0 Å². The van der Waals surface area contributed by atoms with Gasteiger partial charge in [0.1, 0.15) is 5.82 Å². The van der Waals surface area contributed by atoms with Gasteiger partial charge in [-0.05, 0) is 66.8 Å². The van der Waals surface area contributed by atoms with E-state index in [1.807, 2.05) is 0 Å². The molecule has 6 nitrogen and oxygen atoms in total. The number of aryl methyl sites for hydroxylation is 1. The Morgan fingerprint density at radius 3 is 2.18 bits per heavy atom. The molecule has 0 unspecified atom stereocenters. The molecule has 2 aromatic carbocycles. The smallest absolute Gasteiger partial charge is 0.369 e. The predicted molar refractivity (Wildman–Crippen MR) is 124 cm³/mol. The van der Waals surface area contributed by atoms with E-state index < -0.39 is 53.8 Å². The summed E-state index contributed by atoms with van der Waals surface area (Å²) in [5.74, 6) is -1.05. The first-order valence-corrected chi connectivity index (χ1v) is 11.6. The average Bonchev–Trinajstić information content (AvgIpc) is 2.81. The Morgan fingerprint density at radius 2 is 1.66 bits per heavy atom. The molecule has 1 heterocycles. The van der Waals surface area contributed by atoms with Crippen LogP contribution < -0.4 is 11.1 Å². The number of rotatable bonds is 6. The van der Waals surface area contributed by atoms with Crippen LogP contribution in [0.2, 0.25) is 0 Å². The lowest BCUT2D eigenvalue weighted by Gasteiger charge is -2.42. The molecular formula is C25H27F7N4O2. The van der Waals surface area contributed by atoms with Gasteiger partial charge >= 0.3 is 18.4 Å². The third-order valence-electron chi connectivity index (χ3n) is 6.40. The number of carbonyl (C=O) groups excluding carboxylic acids is 2. The summed E-state index contributed by atoms with van der Waals surface area (Å²) >= 11 is 0. The maximum Gasteiger partial charge on any atom is 0.416 e. The number of benzene rings is 2. The Kier molecular flexibility index (Phi) is 8.59. The van der Waals surface area contributed by atoms with Crippen LogP contribution in [0.15, 0.2) is 36.4 Å². The van der Waals surface area contributed by atoms with Gasteiger partial charge in [0.2, 0.25) is 5.91 Å². The van der Waals surface area contributed by atoms with E-state index in [0.717, 1.165) is 4.90 Å². The van der Waals surface area contributed by atoms with Gasteiger partial charge in [-0.3, -0.25) is 4.79 Å². The maximum atomic E-state index is 13.7. The van der Waals surface area contributed by atoms with Crippen molar-refractivity contribution in [1.29, 1.82) is 0 Å². The lowest BCUT2D eigenvalue weighted by Crippen LogP contribution is -2.51. The van der Waals surface area contributed by atoms with Crippen molar-refractivity contribution in [1.82, 2.24) is 15.1 Å². The number of alkyl halides is 6. The fraction of sp³-hybridized carbons (Fsp3) is 0.440. The summed E-state index contributed by atoms with van der Waals surface area (Å²) in [6.07, 6.45) is -9.29. The molecule has 1 aliphatic rings. The van der Waals surface area contributed by atoms with Gasteiger partial charge in [-0.25, -0.2) is 9.18 Å². The predicted octanol–water partition coefficient (Wildman–Crippen LogP) is 5.00. The number of likely N-dealkylation sites (tertiary alicyclic amines) is 1. The quantitative estimate of drug-likeness (QED) is 0.499. The van der Waals surface area contributed by atoms with Crippen molar-refractivity contribution in [3.05, 3.63) is 70.0 Å². The fourth-order valence-electron chi connectivity index (χ4n) is 4.60. The summed E-state index contributed by atoms with van der Waals surface area (Å²) in [5.41, 5.74) is 3.11. The number of carbonyl (C=O) groups is 2. The van der Waals surface area contributed by atoms with Crippen LogP contribution >= 0.6 is 0 Å². The van der Waals surface area contributed by atoms with E-state index in [0.29, 0.717) is 36.1 Å². The Balaban J connectivity index is 1.89. The first-order valence-electron chi connectivity index (χ1n) is 11.6. The third kappa shape index (κ3) is 7.15. The second-order valence-corrected chi connectivity index (χ2v) is 9.33. The molecule has 208 valence electrons. The SMILES string of the molecule is Cc1cc(F)ccc1[C@H]1C[C@H](NCC(N)=O)CCN1C(=O)N(C)Cc1cc(C(F)(F)F)cc(C(F)(F)F)c1. The van der Waals surface area contributed by atoms with Gasteiger partial charge in [0, 0.05) is 26.2 Å². The molecule has 1 saturated heterocycles. The number of halogens is 7. The molecule has 0 aliphatic carbocycles. The monoisotopic (exact) mass is 548 g/mol. The lowest BCUT2D eigenvalue weighted by atomic mass is 9.89. The van der Waals surface area contributed by atoms with Crippen LogP contribution in [-0.4, -0.2) is 47.9 Å². The zero-order chi connectivity index (χ0) is 28.4. The molecule has 0 spiro atoms. The molecule has 1 fully saturated rings. The van der Waals surface area contributed by atoms with E-state index >= 15 is 0 Å². The molecule has 3 N–H and O–H groups in total. The number of urea groups is 1. The molecule has 2 atom stereocenters. The number of nitrogens with one attached hydrogen (secondary N) is 1. The molecular weight excluding hydrogens is 521 g/mol. The zero-order valence-electron chi connectivity index (χ0n) is 20.6. The van der Waals surface area contributed by atoms with Gasteiger partial charge in [-0.2, -0.15) is 26.3 Å². The van der Waals surface area contributed by atoms with Crippen LogP contribution in [0.5, 0.6) is 0 Å². The van der Waals surface area contributed by atoms with Crippen LogP contribution in [-0.2, 0) is 23.7 Å². The van der Waals surface area contributed by atoms with E-state index in [4.69, 9.17) is 5.73 Å². The highest BCUT2D eigenvalue weighted by Crippen LogP contribution is 2.37. The molecule has 3 amide bonds.